The lowest BCUT2D eigenvalue weighted by Gasteiger charge is -2.10. The summed E-state index contributed by atoms with van der Waals surface area (Å²) in [6.07, 6.45) is 1.58. The van der Waals surface area contributed by atoms with Gasteiger partial charge in [0.2, 0.25) is 0 Å². The van der Waals surface area contributed by atoms with Crippen LogP contribution in [0, 0.1) is 6.92 Å². The van der Waals surface area contributed by atoms with Crippen molar-refractivity contribution in [3.8, 4) is 5.75 Å². The van der Waals surface area contributed by atoms with E-state index in [9.17, 15) is 4.79 Å². The molecule has 0 saturated heterocycles. The maximum atomic E-state index is 11.6. The molecule has 1 heterocycles. The van der Waals surface area contributed by atoms with Gasteiger partial charge in [0.05, 0.1) is 18.1 Å². The fourth-order valence-corrected chi connectivity index (χ4v) is 1.90. The molecule has 0 aliphatic heterocycles. The van der Waals surface area contributed by atoms with Crippen LogP contribution in [-0.4, -0.2) is 31.5 Å². The second kappa shape index (κ2) is 5.23. The van der Waals surface area contributed by atoms with Gasteiger partial charge in [0.15, 0.2) is 5.78 Å². The highest BCUT2D eigenvalue weighted by Crippen LogP contribution is 2.29. The Kier molecular flexibility index (Phi) is 4.23. The predicted octanol–water partition coefficient (Wildman–Crippen LogP) is 1.56. The zero-order valence-corrected chi connectivity index (χ0v) is 10.5. The van der Waals surface area contributed by atoms with E-state index in [0.717, 1.165) is 10.0 Å². The fourth-order valence-electron chi connectivity index (χ4n) is 1.34. The number of nitrogens with zero attached hydrogens (tertiary/aromatic N) is 1. The third-order valence-electron chi connectivity index (χ3n) is 2.03. The second-order valence-electron chi connectivity index (χ2n) is 3.07. The number of methoxy groups -OCH3 is 1. The van der Waals surface area contributed by atoms with E-state index >= 15 is 0 Å². The first-order valence-corrected chi connectivity index (χ1v) is 5.28. The van der Waals surface area contributed by atoms with Gasteiger partial charge in [-0.25, -0.2) is 0 Å². The van der Waals surface area contributed by atoms with Crippen LogP contribution >= 0.6 is 15.9 Å². The number of halogens is 1. The normalized spacial score (nSPS) is 10.1. The fraction of sp³-hybridized carbons (Fsp3) is 0.400. The lowest BCUT2D eigenvalue weighted by atomic mass is 10.1. The summed E-state index contributed by atoms with van der Waals surface area (Å²) in [5, 5.41) is 2.80. The number of rotatable bonds is 4. The maximum Gasteiger partial charge on any atom is 0.195 e. The summed E-state index contributed by atoms with van der Waals surface area (Å²) in [4.78, 5) is 15.7. The van der Waals surface area contributed by atoms with E-state index in [1.807, 2.05) is 6.92 Å². The minimum atomic E-state index is -0.0409. The minimum Gasteiger partial charge on any atom is -0.495 e. The van der Waals surface area contributed by atoms with Gasteiger partial charge in [-0.3, -0.25) is 9.78 Å². The molecule has 0 saturated carbocycles. The average Bonchev–Trinajstić information content (AvgIpc) is 2.18. The number of ketones is 1. The molecule has 0 aromatic carbocycles. The first-order valence-electron chi connectivity index (χ1n) is 4.48. The maximum absolute atomic E-state index is 11.6. The summed E-state index contributed by atoms with van der Waals surface area (Å²) in [7, 11) is 3.29. The Morgan fingerprint density at radius 1 is 1.67 bits per heavy atom. The summed E-state index contributed by atoms with van der Waals surface area (Å²) in [6.45, 7) is 2.10. The summed E-state index contributed by atoms with van der Waals surface area (Å²) < 4.78 is 5.94. The Hall–Kier alpha value is -0.940. The molecule has 1 aromatic rings. The smallest absolute Gasteiger partial charge is 0.195 e. The van der Waals surface area contributed by atoms with Crippen molar-refractivity contribution in [1.82, 2.24) is 10.3 Å². The van der Waals surface area contributed by atoms with Crippen LogP contribution in [0.1, 0.15) is 16.1 Å². The molecular formula is C10H13BrN2O2. The number of pyridine rings is 1. The van der Waals surface area contributed by atoms with Crippen LogP contribution < -0.4 is 10.1 Å². The summed E-state index contributed by atoms with van der Waals surface area (Å²) >= 11 is 3.32. The molecule has 1 aromatic heterocycles. The quantitative estimate of drug-likeness (QED) is 0.846. The monoisotopic (exact) mass is 272 g/mol. The van der Waals surface area contributed by atoms with Gasteiger partial charge in [-0.1, -0.05) is 0 Å². The lowest BCUT2D eigenvalue weighted by Crippen LogP contribution is -2.20. The molecule has 1 rings (SSSR count). The first kappa shape index (κ1) is 12.1. The van der Waals surface area contributed by atoms with Crippen molar-refractivity contribution >= 4 is 21.7 Å². The Morgan fingerprint density at radius 2 is 2.33 bits per heavy atom. The topological polar surface area (TPSA) is 51.2 Å². The Labute approximate surface area is 97.2 Å². The zero-order chi connectivity index (χ0) is 11.4. The molecule has 0 bridgehead atoms. The van der Waals surface area contributed by atoms with Crippen molar-refractivity contribution in [2.75, 3.05) is 20.7 Å². The summed E-state index contributed by atoms with van der Waals surface area (Å²) in [6, 6.07) is 0. The van der Waals surface area contributed by atoms with Crippen molar-refractivity contribution in [1.29, 1.82) is 0 Å². The Balaban J connectivity index is 3.15. The predicted molar refractivity (Wildman–Crippen MR) is 61.5 cm³/mol. The molecule has 0 unspecified atom stereocenters. The Morgan fingerprint density at radius 3 is 2.87 bits per heavy atom. The van der Waals surface area contributed by atoms with Crippen LogP contribution in [0.25, 0.3) is 0 Å². The van der Waals surface area contributed by atoms with E-state index in [2.05, 4.69) is 26.2 Å². The van der Waals surface area contributed by atoms with Crippen molar-refractivity contribution in [3.05, 3.63) is 21.9 Å². The van der Waals surface area contributed by atoms with E-state index in [1.54, 1.807) is 20.4 Å². The van der Waals surface area contributed by atoms with E-state index in [4.69, 9.17) is 4.74 Å². The second-order valence-corrected chi connectivity index (χ2v) is 3.92. The van der Waals surface area contributed by atoms with E-state index in [0.29, 0.717) is 11.4 Å². The van der Waals surface area contributed by atoms with Crippen LogP contribution in [0.3, 0.4) is 0 Å². The van der Waals surface area contributed by atoms with Crippen molar-refractivity contribution in [2.45, 2.75) is 6.92 Å². The highest BCUT2D eigenvalue weighted by molar-refractivity contribution is 9.10. The number of Topliss-reactive ketones (excluding diaryl/α,β-unsaturated/α-hetero) is 1. The van der Waals surface area contributed by atoms with E-state index in [-0.39, 0.29) is 12.3 Å². The summed E-state index contributed by atoms with van der Waals surface area (Å²) in [5.74, 6) is 0.616. The van der Waals surface area contributed by atoms with Crippen molar-refractivity contribution < 1.29 is 9.53 Å². The highest BCUT2D eigenvalue weighted by atomic mass is 79.9. The summed E-state index contributed by atoms with van der Waals surface area (Å²) in [5.41, 5.74) is 1.21. The van der Waals surface area contributed by atoms with Gasteiger partial charge >= 0.3 is 0 Å². The van der Waals surface area contributed by atoms with E-state index < -0.39 is 0 Å². The van der Waals surface area contributed by atoms with Crippen LogP contribution in [0.4, 0.5) is 0 Å². The van der Waals surface area contributed by atoms with Crippen molar-refractivity contribution in [3.63, 3.8) is 0 Å². The molecule has 15 heavy (non-hydrogen) atoms. The average molecular weight is 273 g/mol. The zero-order valence-electron chi connectivity index (χ0n) is 8.93. The number of carbonyl (C=O) groups excluding carboxylic acids is 1. The van der Waals surface area contributed by atoms with Gasteiger partial charge in [-0.15, -0.1) is 0 Å². The molecule has 82 valence electrons. The van der Waals surface area contributed by atoms with E-state index in [1.165, 1.54) is 0 Å². The molecule has 5 heteroatoms. The van der Waals surface area contributed by atoms with Gasteiger partial charge in [-0.05, 0) is 29.9 Å². The molecule has 0 spiro atoms. The number of nitrogens with one attached hydrogen (secondary N) is 1. The minimum absolute atomic E-state index is 0.0409. The standard InChI is InChI=1S/C10H13BrN2O2/c1-6-9(8(14)5-12-2)13-4-7(11)10(6)15-3/h4,12H,5H2,1-3H3. The molecular weight excluding hydrogens is 260 g/mol. The largest absolute Gasteiger partial charge is 0.495 e. The van der Waals surface area contributed by atoms with Gasteiger partial charge in [0, 0.05) is 11.8 Å². The molecule has 0 aliphatic carbocycles. The SMILES string of the molecule is CNCC(=O)c1ncc(Br)c(OC)c1C. The number of ether oxygens (including phenoxy) is 1. The first-order chi connectivity index (χ1) is 7.11. The number of likely N-dealkylation sites (N-methyl/N-ethyl adjacent to an activating group) is 1. The third kappa shape index (κ3) is 2.54. The molecule has 4 nitrogen and oxygen atoms in total. The van der Waals surface area contributed by atoms with Gasteiger partial charge in [0.25, 0.3) is 0 Å². The van der Waals surface area contributed by atoms with Gasteiger partial charge in [0.1, 0.15) is 11.4 Å². The molecule has 0 fully saturated rings. The molecule has 0 atom stereocenters. The van der Waals surface area contributed by atoms with Crippen LogP contribution in [0.5, 0.6) is 5.75 Å². The van der Waals surface area contributed by atoms with Gasteiger partial charge < -0.3 is 10.1 Å². The van der Waals surface area contributed by atoms with Crippen LogP contribution in [0.2, 0.25) is 0 Å². The highest BCUT2D eigenvalue weighted by Gasteiger charge is 2.15. The number of hydrogen-bond donors (Lipinski definition) is 1. The van der Waals surface area contributed by atoms with Crippen molar-refractivity contribution in [2.24, 2.45) is 0 Å². The Bertz CT molecular complexity index is 380. The molecule has 0 aliphatic rings. The third-order valence-corrected chi connectivity index (χ3v) is 2.59. The lowest BCUT2D eigenvalue weighted by molar-refractivity contribution is 0.0987. The molecule has 1 N–H and O–H groups in total. The van der Waals surface area contributed by atoms with Gasteiger partial charge in [-0.2, -0.15) is 0 Å². The van der Waals surface area contributed by atoms with Crippen LogP contribution in [-0.2, 0) is 0 Å². The molecule has 0 amide bonds. The number of hydrogen-bond acceptors (Lipinski definition) is 4. The van der Waals surface area contributed by atoms with Crippen LogP contribution in [0.15, 0.2) is 10.7 Å². The number of carbonyl (C=O) groups is 1. The molecule has 0 radical (unpaired) electrons. The number of aromatic nitrogens is 1.